The molecule has 0 aliphatic rings. The molecule has 0 atom stereocenters. The maximum atomic E-state index is 13.1. The zero-order valence-corrected chi connectivity index (χ0v) is 12.2. The zero-order valence-electron chi connectivity index (χ0n) is 11.4. The fraction of sp³-hybridized carbons (Fsp3) is 0.111. The molecule has 21 heavy (non-hydrogen) atoms. The standard InChI is InChI=1S/C18H15ClFN/c19-17-10-14(6-8-18(17)20)12-21-11-13-5-7-15-3-1-2-4-16(15)9-13/h1-10,21H,11-12H2. The van der Waals surface area contributed by atoms with Gasteiger partial charge in [-0.1, -0.05) is 54.1 Å². The first-order chi connectivity index (χ1) is 10.2. The van der Waals surface area contributed by atoms with E-state index in [2.05, 4.69) is 35.6 Å². The Balaban J connectivity index is 1.64. The first kappa shape index (κ1) is 14.1. The van der Waals surface area contributed by atoms with Gasteiger partial charge in [-0.2, -0.15) is 0 Å². The largest absolute Gasteiger partial charge is 0.309 e. The van der Waals surface area contributed by atoms with E-state index in [1.54, 1.807) is 12.1 Å². The molecule has 3 aromatic rings. The molecule has 106 valence electrons. The Morgan fingerprint density at radius 2 is 1.48 bits per heavy atom. The summed E-state index contributed by atoms with van der Waals surface area (Å²) >= 11 is 5.77. The van der Waals surface area contributed by atoms with E-state index >= 15 is 0 Å². The fourth-order valence-corrected chi connectivity index (χ4v) is 2.55. The van der Waals surface area contributed by atoms with E-state index in [4.69, 9.17) is 11.6 Å². The summed E-state index contributed by atoms with van der Waals surface area (Å²) in [5.74, 6) is -0.380. The molecule has 0 saturated heterocycles. The molecular formula is C18H15ClFN. The van der Waals surface area contributed by atoms with Crippen LogP contribution in [0.4, 0.5) is 4.39 Å². The first-order valence-corrected chi connectivity index (χ1v) is 7.22. The number of benzene rings is 3. The third-order valence-electron chi connectivity index (χ3n) is 3.46. The van der Waals surface area contributed by atoms with Gasteiger partial charge < -0.3 is 5.32 Å². The summed E-state index contributed by atoms with van der Waals surface area (Å²) in [4.78, 5) is 0. The monoisotopic (exact) mass is 299 g/mol. The topological polar surface area (TPSA) is 12.0 Å². The van der Waals surface area contributed by atoms with E-state index in [-0.39, 0.29) is 10.8 Å². The highest BCUT2D eigenvalue weighted by Gasteiger charge is 2.01. The summed E-state index contributed by atoms with van der Waals surface area (Å²) in [6, 6.07) is 19.5. The minimum Gasteiger partial charge on any atom is -0.309 e. The van der Waals surface area contributed by atoms with Crippen LogP contribution < -0.4 is 5.32 Å². The van der Waals surface area contributed by atoms with Crippen LogP contribution in [-0.4, -0.2) is 0 Å². The van der Waals surface area contributed by atoms with Gasteiger partial charge in [0.2, 0.25) is 0 Å². The molecule has 3 heteroatoms. The maximum Gasteiger partial charge on any atom is 0.141 e. The minimum absolute atomic E-state index is 0.167. The third-order valence-corrected chi connectivity index (χ3v) is 3.75. The van der Waals surface area contributed by atoms with Crippen LogP contribution in [0.3, 0.4) is 0 Å². The number of rotatable bonds is 4. The average Bonchev–Trinajstić information content (AvgIpc) is 2.51. The predicted octanol–water partition coefficient (Wildman–Crippen LogP) is 4.92. The molecule has 0 aromatic heterocycles. The van der Waals surface area contributed by atoms with Crippen molar-refractivity contribution in [2.45, 2.75) is 13.1 Å². The number of hydrogen-bond acceptors (Lipinski definition) is 1. The van der Waals surface area contributed by atoms with E-state index in [9.17, 15) is 4.39 Å². The van der Waals surface area contributed by atoms with Crippen molar-refractivity contribution in [2.75, 3.05) is 0 Å². The van der Waals surface area contributed by atoms with Crippen LogP contribution in [0, 0.1) is 5.82 Å². The van der Waals surface area contributed by atoms with Crippen molar-refractivity contribution < 1.29 is 4.39 Å². The van der Waals surface area contributed by atoms with E-state index in [0.717, 1.165) is 12.1 Å². The SMILES string of the molecule is Fc1ccc(CNCc2ccc3ccccc3c2)cc1Cl. The van der Waals surface area contributed by atoms with E-state index in [1.165, 1.54) is 22.4 Å². The Bertz CT molecular complexity index is 770. The van der Waals surface area contributed by atoms with Gasteiger partial charge in [0, 0.05) is 13.1 Å². The Morgan fingerprint density at radius 1 is 0.810 bits per heavy atom. The van der Waals surface area contributed by atoms with E-state index in [0.29, 0.717) is 6.54 Å². The second-order valence-electron chi connectivity index (χ2n) is 5.03. The summed E-state index contributed by atoms with van der Waals surface area (Å²) < 4.78 is 13.1. The van der Waals surface area contributed by atoms with Gasteiger partial charge in [-0.3, -0.25) is 0 Å². The molecule has 0 aliphatic heterocycles. The van der Waals surface area contributed by atoms with Gasteiger partial charge in [0.15, 0.2) is 0 Å². The van der Waals surface area contributed by atoms with Crippen LogP contribution in [-0.2, 0) is 13.1 Å². The molecule has 0 radical (unpaired) electrons. The molecule has 1 nitrogen and oxygen atoms in total. The van der Waals surface area contributed by atoms with Gasteiger partial charge in [-0.15, -0.1) is 0 Å². The predicted molar refractivity (Wildman–Crippen MR) is 85.9 cm³/mol. The van der Waals surface area contributed by atoms with Gasteiger partial charge in [0.25, 0.3) is 0 Å². The molecule has 0 aliphatic carbocycles. The van der Waals surface area contributed by atoms with Crippen LogP contribution in [0.5, 0.6) is 0 Å². The van der Waals surface area contributed by atoms with Gasteiger partial charge in [-0.05, 0) is 40.1 Å². The average molecular weight is 300 g/mol. The molecule has 3 rings (SSSR count). The fourth-order valence-electron chi connectivity index (χ4n) is 2.35. The molecule has 3 aromatic carbocycles. The van der Waals surface area contributed by atoms with Crippen LogP contribution in [0.25, 0.3) is 10.8 Å². The van der Waals surface area contributed by atoms with Crippen molar-refractivity contribution >= 4 is 22.4 Å². The van der Waals surface area contributed by atoms with Gasteiger partial charge in [-0.25, -0.2) is 4.39 Å². The van der Waals surface area contributed by atoms with Crippen molar-refractivity contribution in [1.29, 1.82) is 0 Å². The molecule has 0 unspecified atom stereocenters. The highest BCUT2D eigenvalue weighted by Crippen LogP contribution is 2.17. The molecule has 0 bridgehead atoms. The summed E-state index contributed by atoms with van der Waals surface area (Å²) in [7, 11) is 0. The summed E-state index contributed by atoms with van der Waals surface area (Å²) in [5, 5.41) is 5.99. The van der Waals surface area contributed by atoms with Gasteiger partial charge in [0.1, 0.15) is 5.82 Å². The van der Waals surface area contributed by atoms with Crippen LogP contribution >= 0.6 is 11.6 Å². The highest BCUT2D eigenvalue weighted by molar-refractivity contribution is 6.30. The van der Waals surface area contributed by atoms with Crippen molar-refractivity contribution in [3.8, 4) is 0 Å². The second-order valence-corrected chi connectivity index (χ2v) is 5.44. The van der Waals surface area contributed by atoms with Crippen molar-refractivity contribution in [1.82, 2.24) is 5.32 Å². The zero-order chi connectivity index (χ0) is 14.7. The third kappa shape index (κ3) is 3.41. The van der Waals surface area contributed by atoms with Crippen LogP contribution in [0.15, 0.2) is 60.7 Å². The van der Waals surface area contributed by atoms with Crippen molar-refractivity contribution in [3.63, 3.8) is 0 Å². The summed E-state index contributed by atoms with van der Waals surface area (Å²) in [5.41, 5.74) is 2.20. The smallest absolute Gasteiger partial charge is 0.141 e. The Labute approximate surface area is 128 Å². The Hall–Kier alpha value is -1.90. The lowest BCUT2D eigenvalue weighted by molar-refractivity contribution is 0.625. The molecule has 0 amide bonds. The quantitative estimate of drug-likeness (QED) is 0.721. The van der Waals surface area contributed by atoms with Gasteiger partial charge in [0.05, 0.1) is 5.02 Å². The molecular weight excluding hydrogens is 285 g/mol. The molecule has 0 fully saturated rings. The van der Waals surface area contributed by atoms with E-state index < -0.39 is 0 Å². The summed E-state index contributed by atoms with van der Waals surface area (Å²) in [6.07, 6.45) is 0. The lowest BCUT2D eigenvalue weighted by Gasteiger charge is -2.07. The van der Waals surface area contributed by atoms with Crippen LogP contribution in [0.2, 0.25) is 5.02 Å². The number of nitrogens with one attached hydrogen (secondary N) is 1. The normalized spacial score (nSPS) is 11.0. The maximum absolute atomic E-state index is 13.1. The Kier molecular flexibility index (Phi) is 4.18. The molecule has 0 spiro atoms. The first-order valence-electron chi connectivity index (χ1n) is 6.85. The highest BCUT2D eigenvalue weighted by atomic mass is 35.5. The van der Waals surface area contributed by atoms with Gasteiger partial charge >= 0.3 is 0 Å². The summed E-state index contributed by atoms with van der Waals surface area (Å²) in [6.45, 7) is 1.42. The number of fused-ring (bicyclic) bond motifs is 1. The Morgan fingerprint density at radius 3 is 2.24 bits per heavy atom. The number of hydrogen-bond donors (Lipinski definition) is 1. The van der Waals surface area contributed by atoms with Crippen molar-refractivity contribution in [2.24, 2.45) is 0 Å². The van der Waals surface area contributed by atoms with Crippen molar-refractivity contribution in [3.05, 3.63) is 82.6 Å². The number of halogens is 2. The second kappa shape index (κ2) is 6.25. The van der Waals surface area contributed by atoms with Crippen LogP contribution in [0.1, 0.15) is 11.1 Å². The lowest BCUT2D eigenvalue weighted by atomic mass is 10.1. The molecule has 0 saturated carbocycles. The molecule has 0 heterocycles. The lowest BCUT2D eigenvalue weighted by Crippen LogP contribution is -2.12. The van der Waals surface area contributed by atoms with E-state index in [1.807, 2.05) is 12.1 Å². The minimum atomic E-state index is -0.380. The molecule has 1 N–H and O–H groups in total.